The zero-order chi connectivity index (χ0) is 15.5. The quantitative estimate of drug-likeness (QED) is 0.572. The summed E-state index contributed by atoms with van der Waals surface area (Å²) < 4.78 is 16.5. The molecule has 1 aliphatic heterocycles. The summed E-state index contributed by atoms with van der Waals surface area (Å²) in [7, 11) is 1.40. The average molecular weight is 292 g/mol. The van der Waals surface area contributed by atoms with E-state index >= 15 is 0 Å². The van der Waals surface area contributed by atoms with Gasteiger partial charge in [-0.2, -0.15) is 0 Å². The lowest BCUT2D eigenvalue weighted by atomic mass is 9.87. The number of benzene rings is 1. The maximum absolute atomic E-state index is 12.1. The van der Waals surface area contributed by atoms with Gasteiger partial charge in [-0.05, 0) is 24.8 Å². The highest BCUT2D eigenvalue weighted by molar-refractivity contribution is 5.84. The van der Waals surface area contributed by atoms with Crippen LogP contribution in [-0.2, 0) is 25.6 Å². The number of esters is 1. The Balaban J connectivity index is 1.94. The molecule has 2 rings (SSSR count). The molecular formula is C17H24O4. The Bertz CT molecular complexity index is 485. The summed E-state index contributed by atoms with van der Waals surface area (Å²) in [6.45, 7) is 6.94. The molecule has 2 unspecified atom stereocenters. The summed E-state index contributed by atoms with van der Waals surface area (Å²) in [6, 6.07) is 9.95. The van der Waals surface area contributed by atoms with E-state index < -0.39 is 11.2 Å². The predicted molar refractivity (Wildman–Crippen MR) is 79.8 cm³/mol. The molecule has 1 heterocycles. The molecule has 21 heavy (non-hydrogen) atoms. The molecular weight excluding hydrogens is 268 g/mol. The largest absolute Gasteiger partial charge is 0.467 e. The highest BCUT2D eigenvalue weighted by Crippen LogP contribution is 2.52. The van der Waals surface area contributed by atoms with Crippen LogP contribution >= 0.6 is 0 Å². The Hall–Kier alpha value is -1.39. The van der Waals surface area contributed by atoms with E-state index in [2.05, 4.69) is 13.8 Å². The van der Waals surface area contributed by atoms with Crippen LogP contribution in [0, 0.1) is 5.92 Å². The molecule has 0 N–H and O–H groups in total. The minimum absolute atomic E-state index is 0.304. The second-order valence-corrected chi connectivity index (χ2v) is 6.23. The van der Waals surface area contributed by atoms with Gasteiger partial charge in [0.1, 0.15) is 5.60 Å². The monoisotopic (exact) mass is 292 g/mol. The van der Waals surface area contributed by atoms with E-state index in [1.54, 1.807) is 0 Å². The number of carbonyl (C=O) groups excluding carboxylic acids is 1. The average Bonchev–Trinajstić information content (AvgIpc) is 3.04. The van der Waals surface area contributed by atoms with Crippen molar-refractivity contribution in [3.8, 4) is 0 Å². The Morgan fingerprint density at radius 3 is 2.52 bits per heavy atom. The lowest BCUT2D eigenvalue weighted by molar-refractivity contribution is -0.147. The lowest BCUT2D eigenvalue weighted by Gasteiger charge is -2.17. The molecule has 1 aliphatic rings. The van der Waals surface area contributed by atoms with Crippen LogP contribution in [0.3, 0.4) is 0 Å². The van der Waals surface area contributed by atoms with Crippen LogP contribution in [0.2, 0.25) is 0 Å². The van der Waals surface area contributed by atoms with Gasteiger partial charge in [-0.25, -0.2) is 4.79 Å². The van der Waals surface area contributed by atoms with Crippen molar-refractivity contribution in [2.45, 2.75) is 45.0 Å². The molecule has 0 spiro atoms. The lowest BCUT2D eigenvalue weighted by Crippen LogP contribution is -2.37. The predicted octanol–water partition coefficient (Wildman–Crippen LogP) is 2.95. The molecule has 1 aromatic rings. The summed E-state index contributed by atoms with van der Waals surface area (Å²) >= 11 is 0. The second kappa shape index (κ2) is 6.16. The smallest absolute Gasteiger partial charge is 0.341 e. The van der Waals surface area contributed by atoms with Crippen molar-refractivity contribution in [3.63, 3.8) is 0 Å². The maximum Gasteiger partial charge on any atom is 0.341 e. The van der Waals surface area contributed by atoms with Crippen LogP contribution < -0.4 is 0 Å². The third-order valence-corrected chi connectivity index (χ3v) is 3.91. The van der Waals surface area contributed by atoms with Gasteiger partial charge in [0.15, 0.2) is 5.60 Å². The minimum Gasteiger partial charge on any atom is -0.467 e. The zero-order valence-electron chi connectivity index (χ0n) is 13.2. The Morgan fingerprint density at radius 2 is 1.95 bits per heavy atom. The van der Waals surface area contributed by atoms with Crippen molar-refractivity contribution < 1.29 is 19.0 Å². The van der Waals surface area contributed by atoms with E-state index in [9.17, 15) is 4.79 Å². The minimum atomic E-state index is -0.855. The summed E-state index contributed by atoms with van der Waals surface area (Å²) in [5.74, 6) is 0.0436. The van der Waals surface area contributed by atoms with Gasteiger partial charge in [0.25, 0.3) is 0 Å². The van der Waals surface area contributed by atoms with Gasteiger partial charge in [0, 0.05) is 0 Å². The number of epoxide rings is 1. The van der Waals surface area contributed by atoms with E-state index in [0.29, 0.717) is 25.6 Å². The van der Waals surface area contributed by atoms with Gasteiger partial charge >= 0.3 is 5.97 Å². The fraction of sp³-hybridized carbons (Fsp3) is 0.588. The zero-order valence-corrected chi connectivity index (χ0v) is 13.2. The van der Waals surface area contributed by atoms with Crippen molar-refractivity contribution in [1.29, 1.82) is 0 Å². The van der Waals surface area contributed by atoms with Crippen LogP contribution in [0.1, 0.15) is 32.8 Å². The third kappa shape index (κ3) is 3.27. The molecule has 0 saturated carbocycles. The van der Waals surface area contributed by atoms with Gasteiger partial charge in [-0.1, -0.05) is 44.2 Å². The van der Waals surface area contributed by atoms with Crippen molar-refractivity contribution in [3.05, 3.63) is 35.9 Å². The first-order valence-corrected chi connectivity index (χ1v) is 7.34. The van der Waals surface area contributed by atoms with Gasteiger partial charge in [-0.3, -0.25) is 0 Å². The van der Waals surface area contributed by atoms with Gasteiger partial charge < -0.3 is 14.2 Å². The topological polar surface area (TPSA) is 48.1 Å². The molecule has 1 aromatic carbocycles. The first kappa shape index (κ1) is 16.0. The Kier molecular flexibility index (Phi) is 4.69. The molecule has 0 radical (unpaired) electrons. The molecule has 2 atom stereocenters. The number of hydrogen-bond donors (Lipinski definition) is 0. The first-order chi connectivity index (χ1) is 9.93. The molecule has 4 heteroatoms. The molecule has 4 nitrogen and oxygen atoms in total. The molecule has 0 aromatic heterocycles. The van der Waals surface area contributed by atoms with Crippen molar-refractivity contribution in [2.24, 2.45) is 5.92 Å². The van der Waals surface area contributed by atoms with E-state index in [4.69, 9.17) is 14.2 Å². The molecule has 0 amide bonds. The molecule has 0 bridgehead atoms. The summed E-state index contributed by atoms with van der Waals surface area (Å²) in [6.07, 6.45) is 0.644. The van der Waals surface area contributed by atoms with Crippen LogP contribution in [0.5, 0.6) is 0 Å². The normalized spacial score (nSPS) is 27.7. The highest BCUT2D eigenvalue weighted by atomic mass is 16.7. The SMILES string of the molecule is COC(=O)C1(CC(C)C)OC1(C)COCc1ccccc1. The molecule has 1 saturated heterocycles. The maximum atomic E-state index is 12.1. The highest BCUT2D eigenvalue weighted by Gasteiger charge is 2.72. The van der Waals surface area contributed by atoms with Crippen LogP contribution in [0.15, 0.2) is 30.3 Å². The van der Waals surface area contributed by atoms with Crippen LogP contribution in [0.4, 0.5) is 0 Å². The molecule has 0 aliphatic carbocycles. The van der Waals surface area contributed by atoms with Crippen molar-refractivity contribution >= 4 is 5.97 Å². The second-order valence-electron chi connectivity index (χ2n) is 6.23. The molecule has 116 valence electrons. The van der Waals surface area contributed by atoms with E-state index in [0.717, 1.165) is 5.56 Å². The Labute approximate surface area is 126 Å². The fourth-order valence-corrected chi connectivity index (χ4v) is 2.78. The number of rotatable bonds is 7. The number of methoxy groups -OCH3 is 1. The standard InChI is InChI=1S/C17H24O4/c1-13(2)10-17(15(18)19-4)16(3,21-17)12-20-11-14-8-6-5-7-9-14/h5-9,13H,10-12H2,1-4H3. The summed E-state index contributed by atoms with van der Waals surface area (Å²) in [5.41, 5.74) is -0.347. The number of carbonyl (C=O) groups is 1. The van der Waals surface area contributed by atoms with Crippen LogP contribution in [0.25, 0.3) is 0 Å². The third-order valence-electron chi connectivity index (χ3n) is 3.91. The number of hydrogen-bond acceptors (Lipinski definition) is 4. The summed E-state index contributed by atoms with van der Waals surface area (Å²) in [5, 5.41) is 0. The fourth-order valence-electron chi connectivity index (χ4n) is 2.78. The van der Waals surface area contributed by atoms with Crippen molar-refractivity contribution in [1.82, 2.24) is 0 Å². The van der Waals surface area contributed by atoms with Gasteiger partial charge in [0.2, 0.25) is 0 Å². The van der Waals surface area contributed by atoms with E-state index in [-0.39, 0.29) is 5.97 Å². The summed E-state index contributed by atoms with van der Waals surface area (Å²) in [4.78, 5) is 12.1. The molecule has 1 fully saturated rings. The van der Waals surface area contributed by atoms with Gasteiger partial charge in [0.05, 0.1) is 20.3 Å². The Morgan fingerprint density at radius 1 is 1.29 bits per heavy atom. The van der Waals surface area contributed by atoms with Crippen molar-refractivity contribution in [2.75, 3.05) is 13.7 Å². The van der Waals surface area contributed by atoms with Crippen LogP contribution in [-0.4, -0.2) is 30.9 Å². The first-order valence-electron chi connectivity index (χ1n) is 7.34. The number of ether oxygens (including phenoxy) is 3. The van der Waals surface area contributed by atoms with Gasteiger partial charge in [-0.15, -0.1) is 0 Å². The van der Waals surface area contributed by atoms with E-state index in [1.165, 1.54) is 7.11 Å². The van der Waals surface area contributed by atoms with E-state index in [1.807, 2.05) is 37.3 Å².